The summed E-state index contributed by atoms with van der Waals surface area (Å²) in [7, 11) is 1.77. The Kier molecular flexibility index (Phi) is 8.88. The van der Waals surface area contributed by atoms with Gasteiger partial charge in [-0.15, -0.1) is 0 Å². The van der Waals surface area contributed by atoms with Crippen molar-refractivity contribution in [1.82, 2.24) is 14.9 Å². The van der Waals surface area contributed by atoms with Gasteiger partial charge in [0.15, 0.2) is 11.6 Å². The number of benzene rings is 2. The maximum atomic E-state index is 12.9. The highest BCUT2D eigenvalue weighted by Crippen LogP contribution is 2.27. The van der Waals surface area contributed by atoms with Gasteiger partial charge in [-0.3, -0.25) is 14.4 Å². The number of aryl methyl sites for hydroxylation is 1. The van der Waals surface area contributed by atoms with Crippen LogP contribution in [0.15, 0.2) is 48.7 Å². The minimum atomic E-state index is -0.931. The van der Waals surface area contributed by atoms with E-state index in [4.69, 9.17) is 21.4 Å². The third kappa shape index (κ3) is 7.18. The molecule has 0 saturated carbocycles. The quantitative estimate of drug-likeness (QED) is 0.353. The number of aliphatic carboxylic acids is 1. The first-order chi connectivity index (χ1) is 17.0. The summed E-state index contributed by atoms with van der Waals surface area (Å²) in [5, 5.41) is 12.4. The van der Waals surface area contributed by atoms with Crippen LogP contribution in [0.2, 0.25) is 5.02 Å². The molecule has 0 spiro atoms. The van der Waals surface area contributed by atoms with E-state index < -0.39 is 12.0 Å². The van der Waals surface area contributed by atoms with E-state index >= 15 is 0 Å². The number of rotatable bonds is 11. The lowest BCUT2D eigenvalue weighted by Gasteiger charge is -2.19. The number of hydrogen-bond acceptors (Lipinski definition) is 5. The average molecular weight is 512 g/mol. The van der Waals surface area contributed by atoms with Crippen LogP contribution in [0, 0.1) is 0 Å². The highest BCUT2D eigenvalue weighted by atomic mass is 35.5. The molecule has 2 aromatic carbocycles. The topological polar surface area (TPSA) is 111 Å². The molecule has 0 fully saturated rings. The minimum absolute atomic E-state index is 0.0529. The number of nitrogens with zero attached hydrogens (tertiary/aromatic N) is 2. The highest BCUT2D eigenvalue weighted by molar-refractivity contribution is 6.32. The number of amides is 1. The van der Waals surface area contributed by atoms with E-state index in [1.807, 2.05) is 38.1 Å². The molecule has 0 saturated heterocycles. The van der Waals surface area contributed by atoms with E-state index in [-0.39, 0.29) is 30.6 Å². The number of ether oxygens (including phenoxy) is 1. The van der Waals surface area contributed by atoms with Gasteiger partial charge in [-0.05, 0) is 50.5 Å². The Hall–Kier alpha value is -3.65. The fourth-order valence-corrected chi connectivity index (χ4v) is 4.04. The lowest BCUT2D eigenvalue weighted by molar-refractivity contribution is -0.137. The number of carboxylic acids is 1. The molecule has 3 aromatic rings. The van der Waals surface area contributed by atoms with E-state index in [2.05, 4.69) is 10.3 Å². The van der Waals surface area contributed by atoms with Gasteiger partial charge in [0, 0.05) is 43.8 Å². The van der Waals surface area contributed by atoms with Gasteiger partial charge in [-0.1, -0.05) is 35.9 Å². The van der Waals surface area contributed by atoms with Crippen LogP contribution in [-0.2, 0) is 18.3 Å². The molecule has 2 N–H and O–H groups in total. The molecule has 0 radical (unpaired) electrons. The van der Waals surface area contributed by atoms with E-state index in [1.54, 1.807) is 36.0 Å². The van der Waals surface area contributed by atoms with Crippen molar-refractivity contribution in [2.75, 3.05) is 0 Å². The fraction of sp³-hybridized carbons (Fsp3) is 0.333. The van der Waals surface area contributed by atoms with Gasteiger partial charge >= 0.3 is 5.97 Å². The molecule has 8 nitrogen and oxygen atoms in total. The molecule has 1 atom stereocenters. The van der Waals surface area contributed by atoms with Gasteiger partial charge < -0.3 is 19.7 Å². The van der Waals surface area contributed by atoms with Crippen LogP contribution in [0.3, 0.4) is 0 Å². The Morgan fingerprint density at radius 2 is 1.83 bits per heavy atom. The molecular formula is C27H30ClN3O5. The molecule has 1 unspecified atom stereocenters. The van der Waals surface area contributed by atoms with Gasteiger partial charge in [-0.25, -0.2) is 4.98 Å². The molecule has 1 heterocycles. The second kappa shape index (κ2) is 11.9. The van der Waals surface area contributed by atoms with Crippen LogP contribution in [0.5, 0.6) is 5.75 Å². The van der Waals surface area contributed by atoms with Crippen LogP contribution in [0.1, 0.15) is 60.2 Å². The summed E-state index contributed by atoms with van der Waals surface area (Å²) in [5.74, 6) is -0.506. The van der Waals surface area contributed by atoms with Crippen LogP contribution in [0.4, 0.5) is 0 Å². The zero-order chi connectivity index (χ0) is 26.4. The summed E-state index contributed by atoms with van der Waals surface area (Å²) in [5.41, 5.74) is 2.83. The lowest BCUT2D eigenvalue weighted by atomic mass is 9.99. The zero-order valence-electron chi connectivity index (χ0n) is 20.7. The molecule has 3 rings (SSSR count). The largest absolute Gasteiger partial charge is 0.489 e. The van der Waals surface area contributed by atoms with Crippen molar-refractivity contribution < 1.29 is 24.2 Å². The second-order valence-corrected chi connectivity index (χ2v) is 9.34. The van der Waals surface area contributed by atoms with Crippen LogP contribution in [-0.4, -0.2) is 44.5 Å². The summed E-state index contributed by atoms with van der Waals surface area (Å²) < 4.78 is 7.31. The maximum Gasteiger partial charge on any atom is 0.303 e. The number of carbonyl (C=O) groups is 3. The van der Waals surface area contributed by atoms with Crippen molar-refractivity contribution >= 4 is 29.3 Å². The Labute approximate surface area is 215 Å². The van der Waals surface area contributed by atoms with Crippen molar-refractivity contribution in [3.63, 3.8) is 0 Å². The second-order valence-electron chi connectivity index (χ2n) is 8.93. The molecule has 36 heavy (non-hydrogen) atoms. The Bertz CT molecular complexity index is 1250. The third-order valence-corrected chi connectivity index (χ3v) is 5.82. The van der Waals surface area contributed by atoms with E-state index in [0.29, 0.717) is 34.3 Å². The third-order valence-electron chi connectivity index (χ3n) is 5.52. The zero-order valence-corrected chi connectivity index (χ0v) is 21.5. The van der Waals surface area contributed by atoms with Crippen molar-refractivity contribution in [2.24, 2.45) is 7.05 Å². The molecule has 0 aliphatic carbocycles. The molecule has 0 aliphatic heterocycles. The molecular weight excluding hydrogens is 482 g/mol. The van der Waals surface area contributed by atoms with E-state index in [0.717, 1.165) is 11.1 Å². The van der Waals surface area contributed by atoms with E-state index in [9.17, 15) is 14.4 Å². The van der Waals surface area contributed by atoms with Crippen molar-refractivity contribution in [3.05, 3.63) is 70.6 Å². The lowest BCUT2D eigenvalue weighted by Crippen LogP contribution is -2.37. The minimum Gasteiger partial charge on any atom is -0.489 e. The first-order valence-corrected chi connectivity index (χ1v) is 12.0. The Morgan fingerprint density at radius 1 is 1.14 bits per heavy atom. The predicted octanol–water partition coefficient (Wildman–Crippen LogP) is 4.94. The molecule has 9 heteroatoms. The number of carboxylic acid groups (broad SMARTS) is 1. The van der Waals surface area contributed by atoms with Gasteiger partial charge in [0.05, 0.1) is 16.8 Å². The number of halogens is 1. The fourth-order valence-electron chi connectivity index (χ4n) is 3.81. The van der Waals surface area contributed by atoms with Gasteiger partial charge in [0.1, 0.15) is 5.75 Å². The smallest absolute Gasteiger partial charge is 0.303 e. The summed E-state index contributed by atoms with van der Waals surface area (Å²) >= 11 is 6.27. The van der Waals surface area contributed by atoms with Gasteiger partial charge in [0.25, 0.3) is 5.91 Å². The number of aromatic nitrogens is 2. The van der Waals surface area contributed by atoms with Gasteiger partial charge in [-0.2, -0.15) is 0 Å². The average Bonchev–Trinajstić information content (AvgIpc) is 3.20. The monoisotopic (exact) mass is 511 g/mol. The first-order valence-electron chi connectivity index (χ1n) is 11.7. The van der Waals surface area contributed by atoms with Crippen LogP contribution < -0.4 is 10.1 Å². The number of ketones is 1. The summed E-state index contributed by atoms with van der Waals surface area (Å²) in [6.07, 6.45) is 2.38. The molecule has 1 aromatic heterocycles. The Balaban J connectivity index is 1.73. The number of imidazole rings is 1. The Morgan fingerprint density at radius 3 is 2.39 bits per heavy atom. The maximum absolute atomic E-state index is 12.9. The summed E-state index contributed by atoms with van der Waals surface area (Å²) in [6, 6.07) is 12.0. The van der Waals surface area contributed by atoms with Crippen LogP contribution >= 0.6 is 11.6 Å². The molecule has 0 bridgehead atoms. The highest BCUT2D eigenvalue weighted by Gasteiger charge is 2.18. The summed E-state index contributed by atoms with van der Waals surface area (Å²) in [6.45, 7) is 5.25. The summed E-state index contributed by atoms with van der Waals surface area (Å²) in [4.78, 5) is 40.2. The predicted molar refractivity (Wildman–Crippen MR) is 138 cm³/mol. The number of hydrogen-bond donors (Lipinski definition) is 2. The van der Waals surface area contributed by atoms with E-state index in [1.165, 1.54) is 6.92 Å². The van der Waals surface area contributed by atoms with Gasteiger partial charge in [0.2, 0.25) is 0 Å². The number of nitrogens with one attached hydrogen (secondary N) is 1. The standard InChI is InChI=1S/C27H30ClN3O5/c1-16(2)36-24-11-9-20(14-22(24)28)27(35)29-21(10-12-25(33)34)13-18-5-7-19(8-6-18)23-15-31(4)26(30-23)17(3)32/h5-9,11,14-16,21H,10,12-13H2,1-4H3,(H,29,35)(H,33,34). The SMILES string of the molecule is CC(=O)c1nc(-c2ccc(CC(CCC(=O)O)NC(=O)c3ccc(OC(C)C)c(Cl)c3)cc2)cn1C. The number of carbonyl (C=O) groups excluding carboxylic acids is 2. The van der Waals surface area contributed by atoms with Crippen molar-refractivity contribution in [1.29, 1.82) is 0 Å². The molecule has 0 aliphatic rings. The van der Waals surface area contributed by atoms with Crippen LogP contribution in [0.25, 0.3) is 11.3 Å². The number of Topliss-reactive ketones (excluding diaryl/α,β-unsaturated/α-hetero) is 1. The molecule has 1 amide bonds. The van der Waals surface area contributed by atoms with Crippen molar-refractivity contribution in [3.8, 4) is 17.0 Å². The normalized spacial score (nSPS) is 11.8. The first kappa shape index (κ1) is 26.9. The van der Waals surface area contributed by atoms with Crippen molar-refractivity contribution in [2.45, 2.75) is 52.2 Å². The molecule has 190 valence electrons.